The van der Waals surface area contributed by atoms with Gasteiger partial charge in [-0.05, 0) is 75.6 Å². The maximum absolute atomic E-state index is 13.1. The topological polar surface area (TPSA) is 52.6 Å². The highest BCUT2D eigenvalue weighted by atomic mass is 35.5. The van der Waals surface area contributed by atoms with Crippen molar-refractivity contribution in [2.75, 3.05) is 0 Å². The molecule has 0 unspecified atom stereocenters. The molecule has 32 heavy (non-hydrogen) atoms. The molecular formula is C24H24ClF3O4. The van der Waals surface area contributed by atoms with Gasteiger partial charge in [-0.3, -0.25) is 9.59 Å². The number of Topliss-reactive ketones (excluding diaryl/α,β-unsaturated/α-hetero) is 2. The van der Waals surface area contributed by atoms with Crippen molar-refractivity contribution in [3.63, 3.8) is 0 Å². The summed E-state index contributed by atoms with van der Waals surface area (Å²) in [5.41, 5.74) is -1.85. The van der Waals surface area contributed by atoms with Crippen LogP contribution in [0.3, 0.4) is 0 Å². The largest absolute Gasteiger partial charge is 0.456 e. The highest BCUT2D eigenvalue weighted by molar-refractivity contribution is 6.32. The number of carbonyl (C=O) groups is 2. The van der Waals surface area contributed by atoms with Crippen LogP contribution in [0.2, 0.25) is 5.02 Å². The number of ether oxygens (including phenoxy) is 2. The monoisotopic (exact) mass is 468 g/mol. The average molecular weight is 469 g/mol. The predicted molar refractivity (Wildman–Crippen MR) is 114 cm³/mol. The lowest BCUT2D eigenvalue weighted by Gasteiger charge is -2.43. The molecule has 1 aliphatic heterocycles. The highest BCUT2D eigenvalue weighted by Crippen LogP contribution is 2.41. The molecule has 0 spiro atoms. The molecule has 1 aliphatic rings. The third-order valence-corrected chi connectivity index (χ3v) is 5.81. The summed E-state index contributed by atoms with van der Waals surface area (Å²) in [4.78, 5) is 26.1. The fourth-order valence-corrected chi connectivity index (χ4v) is 4.17. The Bertz CT molecular complexity index is 1050. The zero-order chi connectivity index (χ0) is 24.1. The summed E-state index contributed by atoms with van der Waals surface area (Å²) < 4.78 is 50.0. The minimum Gasteiger partial charge on any atom is -0.456 e. The second-order valence-corrected chi connectivity index (χ2v) is 9.15. The van der Waals surface area contributed by atoms with Crippen LogP contribution in [0.15, 0.2) is 36.4 Å². The van der Waals surface area contributed by atoms with E-state index in [2.05, 4.69) is 0 Å². The molecule has 0 N–H and O–H groups in total. The van der Waals surface area contributed by atoms with Crippen LogP contribution in [0, 0.1) is 0 Å². The molecule has 1 saturated heterocycles. The molecule has 0 radical (unpaired) electrons. The predicted octanol–water partition coefficient (Wildman–Crippen LogP) is 6.52. The number of ketones is 2. The lowest BCUT2D eigenvalue weighted by atomic mass is 9.74. The van der Waals surface area contributed by atoms with Crippen LogP contribution >= 0.6 is 11.6 Å². The summed E-state index contributed by atoms with van der Waals surface area (Å²) in [6, 6.07) is 7.72. The van der Waals surface area contributed by atoms with Crippen molar-refractivity contribution in [2.45, 2.75) is 64.3 Å². The first-order valence-electron chi connectivity index (χ1n) is 10.1. The standard InChI is InChI=1S/C24H24ClF3O4/c1-6-13-11-15(31-18-10-7-14(12-17(18)25)24(26,27)28)8-9-16(13)19-20(29)22(2,3)32-23(4,5)21(19)30/h7-12,19H,6H2,1-5H3. The maximum atomic E-state index is 13.1. The van der Waals surface area contributed by atoms with Gasteiger partial charge in [0, 0.05) is 0 Å². The molecule has 1 fully saturated rings. The molecule has 0 bridgehead atoms. The zero-order valence-corrected chi connectivity index (χ0v) is 19.1. The van der Waals surface area contributed by atoms with E-state index in [-0.39, 0.29) is 22.3 Å². The maximum Gasteiger partial charge on any atom is 0.416 e. The van der Waals surface area contributed by atoms with E-state index in [1.807, 2.05) is 6.92 Å². The number of alkyl halides is 3. The summed E-state index contributed by atoms with van der Waals surface area (Å²) in [7, 11) is 0. The molecule has 0 saturated carbocycles. The van der Waals surface area contributed by atoms with Gasteiger partial charge in [0.25, 0.3) is 0 Å². The van der Waals surface area contributed by atoms with Gasteiger partial charge in [-0.25, -0.2) is 0 Å². The molecule has 172 valence electrons. The fourth-order valence-electron chi connectivity index (χ4n) is 3.96. The van der Waals surface area contributed by atoms with E-state index in [0.29, 0.717) is 23.3 Å². The lowest BCUT2D eigenvalue weighted by molar-refractivity contribution is -0.184. The third-order valence-electron chi connectivity index (χ3n) is 5.51. The second kappa shape index (κ2) is 8.19. The van der Waals surface area contributed by atoms with E-state index in [4.69, 9.17) is 21.1 Å². The summed E-state index contributed by atoms with van der Waals surface area (Å²) in [6.45, 7) is 8.45. The first-order chi connectivity index (χ1) is 14.7. The third kappa shape index (κ3) is 4.55. The van der Waals surface area contributed by atoms with Gasteiger partial charge in [-0.15, -0.1) is 0 Å². The Hall–Kier alpha value is -2.38. The van der Waals surface area contributed by atoms with Crippen LogP contribution in [-0.4, -0.2) is 22.8 Å². The van der Waals surface area contributed by atoms with Gasteiger partial charge < -0.3 is 9.47 Å². The Kier molecular flexibility index (Phi) is 6.21. The molecule has 0 aromatic heterocycles. The Morgan fingerprint density at radius 3 is 2.09 bits per heavy atom. The highest BCUT2D eigenvalue weighted by Gasteiger charge is 2.53. The van der Waals surface area contributed by atoms with Gasteiger partial charge in [-0.2, -0.15) is 13.2 Å². The van der Waals surface area contributed by atoms with Crippen LogP contribution in [0.4, 0.5) is 13.2 Å². The molecule has 0 atom stereocenters. The first-order valence-corrected chi connectivity index (χ1v) is 10.5. The molecule has 2 aromatic rings. The Morgan fingerprint density at radius 1 is 1.00 bits per heavy atom. The van der Waals surface area contributed by atoms with Gasteiger partial charge >= 0.3 is 6.18 Å². The van der Waals surface area contributed by atoms with Crippen LogP contribution in [-0.2, 0) is 26.9 Å². The van der Waals surface area contributed by atoms with E-state index >= 15 is 0 Å². The summed E-state index contributed by atoms with van der Waals surface area (Å²) in [6.07, 6.45) is -4.00. The van der Waals surface area contributed by atoms with E-state index in [0.717, 1.165) is 18.2 Å². The van der Waals surface area contributed by atoms with Crippen LogP contribution < -0.4 is 4.74 Å². The van der Waals surface area contributed by atoms with Crippen LogP contribution in [0.1, 0.15) is 57.2 Å². The van der Waals surface area contributed by atoms with Crippen molar-refractivity contribution < 1.29 is 32.2 Å². The van der Waals surface area contributed by atoms with Crippen molar-refractivity contribution in [3.8, 4) is 11.5 Å². The normalized spacial score (nSPS) is 18.7. The molecule has 0 amide bonds. The summed E-state index contributed by atoms with van der Waals surface area (Å²) in [5.74, 6) is -1.23. The van der Waals surface area contributed by atoms with Gasteiger partial charge in [0.1, 0.15) is 28.6 Å². The number of aryl methyl sites for hydroxylation is 1. The fraction of sp³-hybridized carbons (Fsp3) is 0.417. The van der Waals surface area contributed by atoms with E-state index in [9.17, 15) is 22.8 Å². The smallest absolute Gasteiger partial charge is 0.416 e. The quantitative estimate of drug-likeness (QED) is 0.479. The van der Waals surface area contributed by atoms with E-state index < -0.39 is 28.9 Å². The van der Waals surface area contributed by atoms with Crippen molar-refractivity contribution in [1.29, 1.82) is 0 Å². The number of halogens is 4. The van der Waals surface area contributed by atoms with E-state index in [1.165, 1.54) is 0 Å². The number of hydrogen-bond acceptors (Lipinski definition) is 4. The van der Waals surface area contributed by atoms with Crippen molar-refractivity contribution in [2.24, 2.45) is 0 Å². The van der Waals surface area contributed by atoms with E-state index in [1.54, 1.807) is 45.9 Å². The molecule has 2 aromatic carbocycles. The number of carbonyl (C=O) groups excluding carboxylic acids is 2. The minimum atomic E-state index is -4.51. The molecular weight excluding hydrogens is 445 g/mol. The van der Waals surface area contributed by atoms with Crippen LogP contribution in [0.25, 0.3) is 0 Å². The SMILES string of the molecule is CCc1cc(Oc2ccc(C(F)(F)F)cc2Cl)ccc1C1C(=O)C(C)(C)OC(C)(C)C1=O. The first kappa shape index (κ1) is 24.3. The van der Waals surface area contributed by atoms with Gasteiger partial charge in [0.05, 0.1) is 10.6 Å². The molecule has 1 heterocycles. The van der Waals surface area contributed by atoms with Crippen molar-refractivity contribution >= 4 is 23.2 Å². The van der Waals surface area contributed by atoms with Crippen LogP contribution in [0.5, 0.6) is 11.5 Å². The minimum absolute atomic E-state index is 0.0648. The number of benzene rings is 2. The van der Waals surface area contributed by atoms with Gasteiger partial charge in [0.15, 0.2) is 11.6 Å². The summed E-state index contributed by atoms with van der Waals surface area (Å²) >= 11 is 5.98. The number of rotatable bonds is 4. The lowest BCUT2D eigenvalue weighted by Crippen LogP contribution is -2.58. The molecule has 8 heteroatoms. The van der Waals surface area contributed by atoms with Gasteiger partial charge in [-0.1, -0.05) is 24.6 Å². The van der Waals surface area contributed by atoms with Crippen molar-refractivity contribution in [1.82, 2.24) is 0 Å². The molecule has 3 rings (SSSR count). The zero-order valence-electron chi connectivity index (χ0n) is 18.4. The Labute approximate surface area is 189 Å². The second-order valence-electron chi connectivity index (χ2n) is 8.74. The van der Waals surface area contributed by atoms with Gasteiger partial charge in [0.2, 0.25) is 0 Å². The Morgan fingerprint density at radius 2 is 1.59 bits per heavy atom. The molecule has 0 aliphatic carbocycles. The van der Waals surface area contributed by atoms with Crippen molar-refractivity contribution in [3.05, 3.63) is 58.1 Å². The summed E-state index contributed by atoms with van der Waals surface area (Å²) in [5, 5.41) is -0.180. The Balaban J connectivity index is 1.96. The molecule has 4 nitrogen and oxygen atoms in total. The average Bonchev–Trinajstić information content (AvgIpc) is 2.67. The number of hydrogen-bond donors (Lipinski definition) is 0.